The molecule has 156 valence electrons. The molecule has 30 heavy (non-hydrogen) atoms. The first-order chi connectivity index (χ1) is 14.5. The number of aromatic nitrogens is 3. The number of nitrogens with zero attached hydrogens (tertiary/aromatic N) is 3. The van der Waals surface area contributed by atoms with E-state index in [9.17, 15) is 9.59 Å². The van der Waals surface area contributed by atoms with Crippen molar-refractivity contribution in [3.8, 4) is 11.1 Å². The lowest BCUT2D eigenvalue weighted by atomic mass is 9.98. The monoisotopic (exact) mass is 407 g/mol. The van der Waals surface area contributed by atoms with E-state index in [0.717, 1.165) is 48.2 Å². The van der Waals surface area contributed by atoms with Crippen LogP contribution >= 0.6 is 0 Å². The molecule has 2 amide bonds. The van der Waals surface area contributed by atoms with Crippen LogP contribution in [0.4, 0.5) is 16.3 Å². The zero-order chi connectivity index (χ0) is 21.1. The van der Waals surface area contributed by atoms with Crippen molar-refractivity contribution in [2.75, 3.05) is 10.6 Å². The summed E-state index contributed by atoms with van der Waals surface area (Å²) in [7, 11) is 0. The minimum atomic E-state index is -0.436. The van der Waals surface area contributed by atoms with Crippen LogP contribution in [0.3, 0.4) is 0 Å². The fourth-order valence-electron chi connectivity index (χ4n) is 3.69. The van der Waals surface area contributed by atoms with E-state index in [1.54, 1.807) is 12.4 Å². The van der Waals surface area contributed by atoms with Gasteiger partial charge in [0.1, 0.15) is 11.8 Å². The fourth-order valence-corrected chi connectivity index (χ4v) is 3.69. The molecule has 0 unspecified atom stereocenters. The van der Waals surface area contributed by atoms with Gasteiger partial charge in [-0.3, -0.25) is 15.1 Å². The molecule has 0 saturated heterocycles. The first-order valence-electron chi connectivity index (χ1n) is 10.2. The highest BCUT2D eigenvalue weighted by molar-refractivity contribution is 5.88. The summed E-state index contributed by atoms with van der Waals surface area (Å²) < 4.78 is 7.40. The minimum Gasteiger partial charge on any atom is -0.446 e. The molecule has 0 atom stereocenters. The molecule has 1 aliphatic rings. The largest absolute Gasteiger partial charge is 0.446 e. The van der Waals surface area contributed by atoms with Crippen LogP contribution in [0.2, 0.25) is 0 Å². The molecule has 8 heteroatoms. The number of aryl methyl sites for hydroxylation is 1. The van der Waals surface area contributed by atoms with E-state index in [0.29, 0.717) is 11.5 Å². The molecule has 0 spiro atoms. The predicted molar refractivity (Wildman–Crippen MR) is 114 cm³/mol. The average molecular weight is 407 g/mol. The van der Waals surface area contributed by atoms with Gasteiger partial charge in [-0.05, 0) is 50.8 Å². The summed E-state index contributed by atoms with van der Waals surface area (Å²) in [4.78, 5) is 32.4. The molecular formula is C22H25N5O3. The maximum Gasteiger partial charge on any atom is 0.411 e. The molecule has 3 aromatic rings. The Kier molecular flexibility index (Phi) is 5.65. The summed E-state index contributed by atoms with van der Waals surface area (Å²) in [5.41, 5.74) is 3.82. The van der Waals surface area contributed by atoms with Crippen LogP contribution in [0, 0.1) is 6.92 Å². The van der Waals surface area contributed by atoms with E-state index in [-0.39, 0.29) is 12.0 Å². The second-order valence-corrected chi connectivity index (χ2v) is 7.64. The highest BCUT2D eigenvalue weighted by atomic mass is 16.6. The van der Waals surface area contributed by atoms with Gasteiger partial charge >= 0.3 is 6.09 Å². The summed E-state index contributed by atoms with van der Waals surface area (Å²) >= 11 is 0. The summed E-state index contributed by atoms with van der Waals surface area (Å²) in [6.07, 6.45) is 10.3. The number of carbonyl (C=O) groups excluding carboxylic acids is 2. The third-order valence-electron chi connectivity index (χ3n) is 5.24. The van der Waals surface area contributed by atoms with E-state index in [1.165, 1.54) is 13.3 Å². The number of ether oxygens (including phenoxy) is 1. The van der Waals surface area contributed by atoms with Crippen LogP contribution in [0.15, 0.2) is 36.8 Å². The zero-order valence-corrected chi connectivity index (χ0v) is 17.1. The van der Waals surface area contributed by atoms with Crippen molar-refractivity contribution in [3.05, 3.63) is 42.5 Å². The quantitative estimate of drug-likeness (QED) is 0.661. The van der Waals surface area contributed by atoms with Gasteiger partial charge in [0.2, 0.25) is 5.91 Å². The van der Waals surface area contributed by atoms with Crippen LogP contribution < -0.4 is 10.6 Å². The molecule has 3 aromatic heterocycles. The topological polar surface area (TPSA) is 97.6 Å². The molecule has 0 radical (unpaired) electrons. The standard InChI is InChI=1S/C22H25N5O3/c1-14-19(25-22(29)30-18-6-4-3-5-7-18)10-17(11-23-14)16-8-9-21-26-20(24-15(2)28)13-27(21)12-16/h8-13,18H,3-7H2,1-2H3,(H,24,28)(H,25,29). The Morgan fingerprint density at radius 2 is 1.90 bits per heavy atom. The lowest BCUT2D eigenvalue weighted by Gasteiger charge is -2.22. The number of imidazole rings is 1. The third-order valence-corrected chi connectivity index (χ3v) is 5.24. The highest BCUT2D eigenvalue weighted by Crippen LogP contribution is 2.26. The number of hydrogen-bond donors (Lipinski definition) is 2. The lowest BCUT2D eigenvalue weighted by Crippen LogP contribution is -2.24. The van der Waals surface area contributed by atoms with E-state index in [2.05, 4.69) is 20.6 Å². The molecule has 0 aliphatic heterocycles. The normalized spacial score (nSPS) is 14.5. The minimum absolute atomic E-state index is 0.00310. The molecule has 1 saturated carbocycles. The van der Waals surface area contributed by atoms with E-state index >= 15 is 0 Å². The van der Waals surface area contributed by atoms with Gasteiger partial charge in [-0.2, -0.15) is 0 Å². The second kappa shape index (κ2) is 8.52. The number of rotatable bonds is 4. The van der Waals surface area contributed by atoms with Crippen molar-refractivity contribution < 1.29 is 14.3 Å². The fraction of sp³-hybridized carbons (Fsp3) is 0.364. The Morgan fingerprint density at radius 1 is 1.10 bits per heavy atom. The lowest BCUT2D eigenvalue weighted by molar-refractivity contribution is -0.114. The van der Waals surface area contributed by atoms with E-state index in [1.807, 2.05) is 35.7 Å². The molecule has 3 heterocycles. The second-order valence-electron chi connectivity index (χ2n) is 7.64. The van der Waals surface area contributed by atoms with Crippen LogP contribution in [0.25, 0.3) is 16.8 Å². The van der Waals surface area contributed by atoms with Crippen LogP contribution in [-0.4, -0.2) is 32.5 Å². The molecule has 0 bridgehead atoms. The van der Waals surface area contributed by atoms with Crippen LogP contribution in [0.5, 0.6) is 0 Å². The Bertz CT molecular complexity index is 1090. The van der Waals surface area contributed by atoms with Gasteiger partial charge in [-0.15, -0.1) is 0 Å². The molecular weight excluding hydrogens is 382 g/mol. The number of nitrogens with one attached hydrogen (secondary N) is 2. The smallest absolute Gasteiger partial charge is 0.411 e. The maximum atomic E-state index is 12.3. The summed E-state index contributed by atoms with van der Waals surface area (Å²) in [6, 6.07) is 5.68. The van der Waals surface area contributed by atoms with Crippen molar-refractivity contribution in [3.63, 3.8) is 0 Å². The SMILES string of the molecule is CC(=O)Nc1cn2cc(-c3cnc(C)c(NC(=O)OC4CCCCC4)c3)ccc2n1. The number of pyridine rings is 2. The molecule has 0 aromatic carbocycles. The molecule has 1 aliphatic carbocycles. The third kappa shape index (κ3) is 4.59. The highest BCUT2D eigenvalue weighted by Gasteiger charge is 2.18. The van der Waals surface area contributed by atoms with Gasteiger partial charge < -0.3 is 14.5 Å². The van der Waals surface area contributed by atoms with Crippen LogP contribution in [-0.2, 0) is 9.53 Å². The van der Waals surface area contributed by atoms with E-state index in [4.69, 9.17) is 4.74 Å². The molecule has 4 rings (SSSR count). The predicted octanol–water partition coefficient (Wildman–Crippen LogP) is 4.54. The zero-order valence-electron chi connectivity index (χ0n) is 17.1. The van der Waals surface area contributed by atoms with Gasteiger partial charge in [0.15, 0.2) is 5.82 Å². The first kappa shape index (κ1) is 19.9. The van der Waals surface area contributed by atoms with Crippen LogP contribution in [0.1, 0.15) is 44.7 Å². The van der Waals surface area contributed by atoms with Gasteiger partial charge in [-0.25, -0.2) is 9.78 Å². The molecule has 8 nitrogen and oxygen atoms in total. The summed E-state index contributed by atoms with van der Waals surface area (Å²) in [5.74, 6) is 0.326. The van der Waals surface area contributed by atoms with Gasteiger partial charge in [0.05, 0.1) is 17.6 Å². The summed E-state index contributed by atoms with van der Waals surface area (Å²) in [5, 5.41) is 5.52. The van der Waals surface area contributed by atoms with Crippen molar-refractivity contribution in [2.45, 2.75) is 52.1 Å². The maximum absolute atomic E-state index is 12.3. The van der Waals surface area contributed by atoms with Gasteiger partial charge in [0.25, 0.3) is 0 Å². The van der Waals surface area contributed by atoms with Crippen molar-refractivity contribution in [1.82, 2.24) is 14.4 Å². The van der Waals surface area contributed by atoms with Crippen molar-refractivity contribution in [2.24, 2.45) is 0 Å². The first-order valence-corrected chi connectivity index (χ1v) is 10.2. The van der Waals surface area contributed by atoms with Gasteiger partial charge in [-0.1, -0.05) is 6.42 Å². The van der Waals surface area contributed by atoms with Gasteiger partial charge in [0, 0.05) is 30.4 Å². The number of fused-ring (bicyclic) bond motifs is 1. The Labute approximate surface area is 174 Å². The Morgan fingerprint density at radius 3 is 2.67 bits per heavy atom. The Hall–Kier alpha value is -3.42. The van der Waals surface area contributed by atoms with E-state index < -0.39 is 6.09 Å². The molecule has 1 fully saturated rings. The molecule has 2 N–H and O–H groups in total. The average Bonchev–Trinajstić information content (AvgIpc) is 3.11. The Balaban J connectivity index is 1.53. The number of anilines is 2. The number of carbonyl (C=O) groups is 2. The number of hydrogen-bond acceptors (Lipinski definition) is 5. The van der Waals surface area contributed by atoms with Crippen molar-refractivity contribution >= 4 is 29.2 Å². The number of amides is 2. The summed E-state index contributed by atoms with van der Waals surface area (Å²) in [6.45, 7) is 3.29. The van der Waals surface area contributed by atoms with Crippen molar-refractivity contribution in [1.29, 1.82) is 0 Å².